The summed E-state index contributed by atoms with van der Waals surface area (Å²) in [5, 5.41) is 2.37. The summed E-state index contributed by atoms with van der Waals surface area (Å²) in [6, 6.07) is 18.9. The van der Waals surface area contributed by atoms with E-state index < -0.39 is 0 Å². The van der Waals surface area contributed by atoms with Crippen LogP contribution in [-0.4, -0.2) is 38.7 Å². The van der Waals surface area contributed by atoms with E-state index in [4.69, 9.17) is 21.4 Å². The lowest BCUT2D eigenvalue weighted by molar-refractivity contribution is 0.400. The van der Waals surface area contributed by atoms with Crippen LogP contribution in [0.5, 0.6) is 0 Å². The first kappa shape index (κ1) is 27.7. The molecule has 10 rings (SSSR count). The molecule has 2 fully saturated rings. The highest BCUT2D eigenvalue weighted by Crippen LogP contribution is 2.41. The molecule has 0 aliphatic heterocycles. The van der Waals surface area contributed by atoms with E-state index in [9.17, 15) is 0 Å². The van der Waals surface area contributed by atoms with Gasteiger partial charge in [-0.05, 0) is 62.9 Å². The number of nitrogens with zero attached hydrogens (tertiary/aromatic N) is 6. The third-order valence-corrected chi connectivity index (χ3v) is 9.98. The monoisotopic (exact) mass is 620 g/mol. The fourth-order valence-electron chi connectivity index (χ4n) is 7.04. The van der Waals surface area contributed by atoms with E-state index in [-0.39, 0.29) is 0 Å². The van der Waals surface area contributed by atoms with Crippen LogP contribution in [0.4, 0.5) is 11.6 Å². The van der Waals surface area contributed by atoms with Crippen molar-refractivity contribution in [3.05, 3.63) is 96.6 Å². The summed E-state index contributed by atoms with van der Waals surface area (Å²) in [6.45, 7) is 2.11. The third-order valence-electron chi connectivity index (χ3n) is 9.98. The van der Waals surface area contributed by atoms with Gasteiger partial charge in [-0.3, -0.25) is 8.80 Å². The summed E-state index contributed by atoms with van der Waals surface area (Å²) in [7, 11) is 0. The van der Waals surface area contributed by atoms with Crippen molar-refractivity contribution in [3.63, 3.8) is 0 Å². The lowest BCUT2D eigenvalue weighted by Gasteiger charge is -2.23. The fourth-order valence-corrected chi connectivity index (χ4v) is 7.04. The molecule has 0 spiro atoms. The topological polar surface area (TPSA) is 144 Å². The predicted molar refractivity (Wildman–Crippen MR) is 187 cm³/mol. The lowest BCUT2D eigenvalue weighted by atomic mass is 9.85. The predicted octanol–water partition coefficient (Wildman–Crippen LogP) is 7.76. The van der Waals surface area contributed by atoms with E-state index in [1.165, 1.54) is 54.9 Å². The third kappa shape index (κ3) is 4.54. The Bertz CT molecular complexity index is 2400. The summed E-state index contributed by atoms with van der Waals surface area (Å²) in [4.78, 5) is 25.4. The van der Waals surface area contributed by atoms with Gasteiger partial charge in [0.2, 0.25) is 0 Å². The maximum Gasteiger partial charge on any atom is 0.150 e. The number of aromatic amines is 2. The average Bonchev–Trinajstić information content (AvgIpc) is 3.79. The lowest BCUT2D eigenvalue weighted by Crippen LogP contribution is -2.12. The second-order valence-electron chi connectivity index (χ2n) is 13.0. The second-order valence-corrected chi connectivity index (χ2v) is 13.0. The van der Waals surface area contributed by atoms with Crippen LogP contribution in [0.3, 0.4) is 0 Å². The molecule has 2 saturated carbocycles. The van der Waals surface area contributed by atoms with Crippen molar-refractivity contribution in [2.45, 2.75) is 57.3 Å². The number of nitrogen functional groups attached to an aromatic ring is 2. The van der Waals surface area contributed by atoms with Crippen molar-refractivity contribution < 1.29 is 0 Å². The zero-order valence-electron chi connectivity index (χ0n) is 26.2. The number of fused-ring (bicyclic) bond motifs is 4. The number of anilines is 2. The van der Waals surface area contributed by atoms with E-state index in [1.54, 1.807) is 12.4 Å². The Morgan fingerprint density at radius 2 is 1.19 bits per heavy atom. The zero-order chi connectivity index (χ0) is 31.6. The Morgan fingerprint density at radius 3 is 1.72 bits per heavy atom. The number of aromatic nitrogens is 8. The Hall–Kier alpha value is -5.64. The van der Waals surface area contributed by atoms with Gasteiger partial charge in [-0.15, -0.1) is 0 Å². The normalized spacial score (nSPS) is 15.3. The van der Waals surface area contributed by atoms with Crippen molar-refractivity contribution in [1.29, 1.82) is 0 Å². The van der Waals surface area contributed by atoms with Crippen LogP contribution in [-0.2, 0) is 0 Å². The number of imidazole rings is 2. The molecule has 0 radical (unpaired) electrons. The first-order valence-corrected chi connectivity index (χ1v) is 16.4. The molecule has 0 saturated heterocycles. The van der Waals surface area contributed by atoms with Crippen LogP contribution in [0, 0.1) is 6.92 Å². The molecular formula is C37H36N10. The Balaban J connectivity index is 0.000000129. The highest BCUT2D eigenvalue weighted by molar-refractivity contribution is 5.92. The molecule has 6 aromatic heterocycles. The maximum atomic E-state index is 6.20. The molecule has 10 heteroatoms. The summed E-state index contributed by atoms with van der Waals surface area (Å²) in [5.41, 5.74) is 21.4. The zero-order valence-corrected chi connectivity index (χ0v) is 26.2. The summed E-state index contributed by atoms with van der Waals surface area (Å²) in [5.74, 6) is 4.32. The Labute approximate surface area is 270 Å². The van der Waals surface area contributed by atoms with Gasteiger partial charge in [-0.1, -0.05) is 42.7 Å². The number of aryl methyl sites for hydroxylation is 1. The molecule has 234 valence electrons. The number of rotatable bonds is 4. The smallest absolute Gasteiger partial charge is 0.150 e. The minimum atomic E-state index is 0.527. The van der Waals surface area contributed by atoms with E-state index >= 15 is 0 Å². The van der Waals surface area contributed by atoms with Gasteiger partial charge in [0.25, 0.3) is 0 Å². The van der Waals surface area contributed by atoms with Gasteiger partial charge in [0.1, 0.15) is 45.7 Å². The molecule has 6 N–H and O–H groups in total. The molecule has 10 nitrogen and oxygen atoms in total. The number of nitrogens with one attached hydrogen (secondary N) is 2. The maximum absolute atomic E-state index is 6.20. The van der Waals surface area contributed by atoms with Crippen molar-refractivity contribution in [2.24, 2.45) is 0 Å². The Kier molecular flexibility index (Phi) is 6.31. The van der Waals surface area contributed by atoms with Gasteiger partial charge in [0.05, 0.1) is 11.4 Å². The molecule has 6 heterocycles. The number of nitrogens with two attached hydrogens (primary N) is 2. The average molecular weight is 621 g/mol. The van der Waals surface area contributed by atoms with Crippen LogP contribution in [0.1, 0.15) is 67.6 Å². The number of hydrogen-bond acceptors (Lipinski definition) is 6. The Morgan fingerprint density at radius 1 is 0.660 bits per heavy atom. The largest absolute Gasteiger partial charge is 0.382 e. The summed E-state index contributed by atoms with van der Waals surface area (Å²) >= 11 is 0. The molecule has 2 aliphatic carbocycles. The van der Waals surface area contributed by atoms with Crippen LogP contribution < -0.4 is 11.5 Å². The van der Waals surface area contributed by atoms with Crippen LogP contribution in [0.15, 0.2) is 79.4 Å². The first-order valence-electron chi connectivity index (χ1n) is 16.4. The fraction of sp³-hybridized carbons (Fsp3) is 0.243. The molecule has 8 aromatic rings. The van der Waals surface area contributed by atoms with Crippen molar-refractivity contribution in [3.8, 4) is 22.8 Å². The second kappa shape index (κ2) is 10.7. The van der Waals surface area contributed by atoms with Gasteiger partial charge in [0.15, 0.2) is 0 Å². The van der Waals surface area contributed by atoms with Gasteiger partial charge in [-0.25, -0.2) is 19.9 Å². The molecule has 0 amide bonds. The van der Waals surface area contributed by atoms with E-state index in [1.807, 2.05) is 24.5 Å². The molecule has 0 atom stereocenters. The molecule has 47 heavy (non-hydrogen) atoms. The number of H-pyrrole nitrogens is 2. The first-order chi connectivity index (χ1) is 23.0. The standard InChI is InChI=1S/C19H19N5.C18H17N5/c1-11-5-6-14-13(9-11)10-15(22-14)16-17-18(20)21-7-8-24(17)19(23-16)12-3-2-4-12;19-17-16-15(14-10-12-4-1-2-7-13(12)21-14)22-18(11-5-3-6-11)23(16)9-8-20-17/h5-10,12,22H,2-4H2,1H3,(H2,20,21);1-2,4,7-11,21H,3,5-6H2,(H2,19,20). The number of para-hydroxylation sites is 1. The van der Waals surface area contributed by atoms with Gasteiger partial charge < -0.3 is 21.4 Å². The van der Waals surface area contributed by atoms with Crippen LogP contribution in [0.2, 0.25) is 0 Å². The molecular weight excluding hydrogens is 584 g/mol. The van der Waals surface area contributed by atoms with Crippen molar-refractivity contribution >= 4 is 44.5 Å². The van der Waals surface area contributed by atoms with Crippen molar-refractivity contribution in [1.82, 2.24) is 38.7 Å². The summed E-state index contributed by atoms with van der Waals surface area (Å²) in [6.07, 6.45) is 14.8. The minimum absolute atomic E-state index is 0.527. The van der Waals surface area contributed by atoms with E-state index in [0.29, 0.717) is 23.5 Å². The highest BCUT2D eigenvalue weighted by atomic mass is 15.1. The number of benzene rings is 2. The SMILES string of the molecule is Cc1ccc2[nH]c(-c3nc(C4CCC4)n4ccnc(N)c34)cc2c1.Nc1nccn2c(C3CCC3)nc(-c3cc4ccccc4[nH]3)c12. The van der Waals surface area contributed by atoms with Gasteiger partial charge in [-0.2, -0.15) is 0 Å². The summed E-state index contributed by atoms with van der Waals surface area (Å²) < 4.78 is 4.24. The van der Waals surface area contributed by atoms with Crippen LogP contribution >= 0.6 is 0 Å². The molecule has 2 aliphatic rings. The van der Waals surface area contributed by atoms with Gasteiger partial charge >= 0.3 is 0 Å². The van der Waals surface area contributed by atoms with Gasteiger partial charge in [0, 0.05) is 58.4 Å². The quantitative estimate of drug-likeness (QED) is 0.158. The highest BCUT2D eigenvalue weighted by Gasteiger charge is 2.28. The van der Waals surface area contributed by atoms with Crippen LogP contribution in [0.25, 0.3) is 55.6 Å². The van der Waals surface area contributed by atoms with Crippen molar-refractivity contribution in [2.75, 3.05) is 11.5 Å². The molecule has 0 bridgehead atoms. The van der Waals surface area contributed by atoms with E-state index in [0.717, 1.165) is 56.5 Å². The number of hydrogen-bond donors (Lipinski definition) is 4. The molecule has 0 unspecified atom stereocenters. The molecule has 2 aromatic carbocycles. The minimum Gasteiger partial charge on any atom is -0.382 e. The van der Waals surface area contributed by atoms with E-state index in [2.05, 4.69) is 78.1 Å².